The largest absolute Gasteiger partial charge is 0.497 e. The summed E-state index contributed by atoms with van der Waals surface area (Å²) in [5, 5.41) is 4.94. The summed E-state index contributed by atoms with van der Waals surface area (Å²) in [5.74, 6) is 1.55. The molecule has 104 valence electrons. The van der Waals surface area contributed by atoms with Gasteiger partial charge in [0.2, 0.25) is 5.82 Å². The Balaban J connectivity index is 2.10. The molecule has 1 N–H and O–H groups in total. The van der Waals surface area contributed by atoms with Crippen LogP contribution in [0.4, 0.5) is 0 Å². The van der Waals surface area contributed by atoms with E-state index in [1.807, 2.05) is 0 Å². The number of H-pyrrole nitrogens is 1. The molecule has 4 aromatic rings. The minimum atomic E-state index is -0.354. The maximum atomic E-state index is 12.1. The summed E-state index contributed by atoms with van der Waals surface area (Å²) in [6, 6.07) is 8.84. The third kappa shape index (κ3) is 1.71. The first-order chi connectivity index (χ1) is 10.3. The summed E-state index contributed by atoms with van der Waals surface area (Å²) in [6.45, 7) is 0. The number of aromatic amines is 1. The molecular weight excluding hydrogens is 272 g/mol. The van der Waals surface area contributed by atoms with Gasteiger partial charge in [-0.1, -0.05) is 0 Å². The van der Waals surface area contributed by atoms with E-state index < -0.39 is 0 Å². The third-order valence-corrected chi connectivity index (χ3v) is 3.25. The van der Waals surface area contributed by atoms with Crippen molar-refractivity contribution in [2.75, 3.05) is 7.11 Å². The number of benzene rings is 1. The number of fused-ring (bicyclic) bond motifs is 3. The van der Waals surface area contributed by atoms with Gasteiger partial charge in [-0.05, 0) is 30.3 Å². The van der Waals surface area contributed by atoms with Gasteiger partial charge >= 0.3 is 5.69 Å². The fraction of sp³-hybridized carbons (Fsp3) is 0.0714. The van der Waals surface area contributed by atoms with Crippen LogP contribution in [0.2, 0.25) is 0 Å². The molecule has 0 fully saturated rings. The minimum Gasteiger partial charge on any atom is -0.497 e. The first kappa shape index (κ1) is 11.7. The van der Waals surface area contributed by atoms with Gasteiger partial charge in [-0.2, -0.15) is 4.52 Å². The molecule has 3 aromatic heterocycles. The van der Waals surface area contributed by atoms with E-state index in [-0.39, 0.29) is 5.69 Å². The van der Waals surface area contributed by atoms with Crippen molar-refractivity contribution >= 4 is 16.6 Å². The van der Waals surface area contributed by atoms with Gasteiger partial charge in [0, 0.05) is 5.39 Å². The van der Waals surface area contributed by atoms with Crippen LogP contribution < -0.4 is 10.4 Å². The van der Waals surface area contributed by atoms with E-state index in [0.29, 0.717) is 28.5 Å². The molecule has 0 radical (unpaired) electrons. The zero-order valence-corrected chi connectivity index (χ0v) is 11.0. The Hall–Kier alpha value is -3.09. The Morgan fingerprint density at radius 1 is 1.33 bits per heavy atom. The number of nitrogens with zero attached hydrogens (tertiary/aromatic N) is 3. The number of methoxy groups -OCH3 is 1. The van der Waals surface area contributed by atoms with E-state index in [2.05, 4.69) is 15.1 Å². The topological polar surface area (TPSA) is 85.4 Å². The standard InChI is InChI=1S/C14H10N4O3/c1-20-8-4-5-10-9(7-8)13-16-12(11-3-2-6-21-11)17-18(13)14(19)15-10/h2-7H,1H3,(H,15,19). The van der Waals surface area contributed by atoms with Crippen molar-refractivity contribution in [3.63, 3.8) is 0 Å². The molecule has 0 amide bonds. The van der Waals surface area contributed by atoms with Crippen LogP contribution in [0.1, 0.15) is 0 Å². The minimum absolute atomic E-state index is 0.354. The molecule has 0 aliphatic carbocycles. The van der Waals surface area contributed by atoms with Crippen LogP contribution in [0.5, 0.6) is 5.75 Å². The fourth-order valence-corrected chi connectivity index (χ4v) is 2.25. The fourth-order valence-electron chi connectivity index (χ4n) is 2.25. The summed E-state index contributed by atoms with van der Waals surface area (Å²) in [5.41, 5.74) is 0.777. The quantitative estimate of drug-likeness (QED) is 0.606. The van der Waals surface area contributed by atoms with Gasteiger partial charge in [-0.25, -0.2) is 9.78 Å². The molecule has 0 aliphatic rings. The number of nitrogens with one attached hydrogen (secondary N) is 1. The molecule has 1 aromatic carbocycles. The molecule has 0 spiro atoms. The van der Waals surface area contributed by atoms with Gasteiger partial charge in [-0.15, -0.1) is 5.10 Å². The summed E-state index contributed by atoms with van der Waals surface area (Å²) in [7, 11) is 1.59. The van der Waals surface area contributed by atoms with Crippen LogP contribution in [0.25, 0.3) is 28.1 Å². The average molecular weight is 282 g/mol. The summed E-state index contributed by atoms with van der Waals surface area (Å²) < 4.78 is 11.7. The second-order valence-corrected chi connectivity index (χ2v) is 4.49. The van der Waals surface area contributed by atoms with Crippen LogP contribution in [-0.2, 0) is 0 Å². The van der Waals surface area contributed by atoms with E-state index in [9.17, 15) is 4.79 Å². The van der Waals surface area contributed by atoms with Crippen LogP contribution in [0.15, 0.2) is 45.8 Å². The first-order valence-electron chi connectivity index (χ1n) is 6.27. The highest BCUT2D eigenvalue weighted by molar-refractivity contribution is 5.92. The van der Waals surface area contributed by atoms with E-state index in [4.69, 9.17) is 9.15 Å². The normalized spacial score (nSPS) is 11.3. The lowest BCUT2D eigenvalue weighted by molar-refractivity contribution is 0.415. The Bertz CT molecular complexity index is 998. The molecule has 0 unspecified atom stereocenters. The smallest absolute Gasteiger partial charge is 0.348 e. The second kappa shape index (κ2) is 4.20. The third-order valence-electron chi connectivity index (χ3n) is 3.25. The summed E-state index contributed by atoms with van der Waals surface area (Å²) in [6.07, 6.45) is 1.53. The van der Waals surface area contributed by atoms with Crippen molar-refractivity contribution in [3.05, 3.63) is 47.1 Å². The van der Waals surface area contributed by atoms with E-state index >= 15 is 0 Å². The number of furan rings is 1. The lowest BCUT2D eigenvalue weighted by Gasteiger charge is -2.02. The highest BCUT2D eigenvalue weighted by atomic mass is 16.5. The lowest BCUT2D eigenvalue weighted by atomic mass is 10.2. The molecule has 0 aliphatic heterocycles. The molecular formula is C14H10N4O3. The van der Waals surface area contributed by atoms with E-state index in [1.54, 1.807) is 37.4 Å². The van der Waals surface area contributed by atoms with Crippen molar-refractivity contribution in [3.8, 4) is 17.3 Å². The number of ether oxygens (including phenoxy) is 1. The molecule has 0 atom stereocenters. The lowest BCUT2D eigenvalue weighted by Crippen LogP contribution is -2.17. The highest BCUT2D eigenvalue weighted by Crippen LogP contribution is 2.23. The van der Waals surface area contributed by atoms with Crippen LogP contribution in [0, 0.1) is 0 Å². The van der Waals surface area contributed by atoms with Gasteiger partial charge < -0.3 is 14.1 Å². The van der Waals surface area contributed by atoms with Crippen LogP contribution in [-0.4, -0.2) is 26.7 Å². The van der Waals surface area contributed by atoms with Crippen molar-refractivity contribution < 1.29 is 9.15 Å². The monoisotopic (exact) mass is 282 g/mol. The van der Waals surface area contributed by atoms with Crippen LogP contribution in [0.3, 0.4) is 0 Å². The summed E-state index contributed by atoms with van der Waals surface area (Å²) in [4.78, 5) is 19.2. The Morgan fingerprint density at radius 2 is 2.24 bits per heavy atom. The van der Waals surface area contributed by atoms with Crippen molar-refractivity contribution in [2.24, 2.45) is 0 Å². The molecule has 4 rings (SSSR count). The van der Waals surface area contributed by atoms with Gasteiger partial charge in [0.25, 0.3) is 0 Å². The Kier molecular flexibility index (Phi) is 2.34. The van der Waals surface area contributed by atoms with Crippen molar-refractivity contribution in [1.29, 1.82) is 0 Å². The number of aromatic nitrogens is 4. The van der Waals surface area contributed by atoms with Crippen molar-refractivity contribution in [1.82, 2.24) is 19.6 Å². The SMILES string of the molecule is COc1ccc2[nH]c(=O)n3nc(-c4ccco4)nc3c2c1. The molecule has 0 saturated carbocycles. The molecule has 7 nitrogen and oxygen atoms in total. The van der Waals surface area contributed by atoms with Gasteiger partial charge in [0.05, 0.1) is 18.9 Å². The number of hydrogen-bond donors (Lipinski definition) is 1. The number of hydrogen-bond acceptors (Lipinski definition) is 5. The molecule has 0 saturated heterocycles. The number of rotatable bonds is 2. The van der Waals surface area contributed by atoms with Gasteiger partial charge in [0.15, 0.2) is 11.4 Å². The Morgan fingerprint density at radius 3 is 3.00 bits per heavy atom. The van der Waals surface area contributed by atoms with Crippen molar-refractivity contribution in [2.45, 2.75) is 0 Å². The van der Waals surface area contributed by atoms with Crippen LogP contribution >= 0.6 is 0 Å². The first-order valence-corrected chi connectivity index (χ1v) is 6.27. The summed E-state index contributed by atoms with van der Waals surface area (Å²) >= 11 is 0. The van der Waals surface area contributed by atoms with Gasteiger partial charge in [-0.3, -0.25) is 0 Å². The average Bonchev–Trinajstić information content (AvgIpc) is 3.16. The van der Waals surface area contributed by atoms with E-state index in [1.165, 1.54) is 10.8 Å². The molecule has 0 bridgehead atoms. The zero-order chi connectivity index (χ0) is 14.4. The molecule has 3 heterocycles. The zero-order valence-electron chi connectivity index (χ0n) is 11.0. The Labute approximate surface area is 117 Å². The molecule has 21 heavy (non-hydrogen) atoms. The highest BCUT2D eigenvalue weighted by Gasteiger charge is 2.14. The predicted octanol–water partition coefficient (Wildman–Crippen LogP) is 1.84. The van der Waals surface area contributed by atoms with E-state index in [0.717, 1.165) is 5.39 Å². The van der Waals surface area contributed by atoms with Gasteiger partial charge in [0.1, 0.15) is 5.75 Å². The predicted molar refractivity (Wildman–Crippen MR) is 75.4 cm³/mol. The maximum absolute atomic E-state index is 12.1. The molecule has 7 heteroatoms. The maximum Gasteiger partial charge on any atom is 0.348 e. The second-order valence-electron chi connectivity index (χ2n) is 4.49.